The van der Waals surface area contributed by atoms with Crippen molar-refractivity contribution in [1.29, 1.82) is 0 Å². The molecule has 0 unspecified atom stereocenters. The summed E-state index contributed by atoms with van der Waals surface area (Å²) in [7, 11) is 0. The summed E-state index contributed by atoms with van der Waals surface area (Å²) in [6, 6.07) is 8.72. The third kappa shape index (κ3) is 3.76. The zero-order chi connectivity index (χ0) is 16.9. The molecule has 124 valence electrons. The van der Waals surface area contributed by atoms with Gasteiger partial charge in [-0.15, -0.1) is 28.1 Å². The quantitative estimate of drug-likeness (QED) is 0.430. The Morgan fingerprint density at radius 3 is 2.75 bits per heavy atom. The van der Waals surface area contributed by atoms with E-state index in [0.29, 0.717) is 6.54 Å². The van der Waals surface area contributed by atoms with Gasteiger partial charge >= 0.3 is 0 Å². The van der Waals surface area contributed by atoms with Crippen LogP contribution >= 0.6 is 23.1 Å². The minimum atomic E-state index is -0.218. The predicted molar refractivity (Wildman–Crippen MR) is 98.9 cm³/mol. The summed E-state index contributed by atoms with van der Waals surface area (Å²) in [6.45, 7) is 6.64. The number of hydrogen-bond acceptors (Lipinski definition) is 4. The van der Waals surface area contributed by atoms with Crippen molar-refractivity contribution in [2.75, 3.05) is 0 Å². The Bertz CT molecular complexity index is 821. The van der Waals surface area contributed by atoms with E-state index in [0.717, 1.165) is 34.3 Å². The average Bonchev–Trinajstić information content (AvgIpc) is 3.21. The number of rotatable bonds is 7. The number of hydrogen-bond donors (Lipinski definition) is 0. The molecule has 0 saturated carbocycles. The zero-order valence-corrected chi connectivity index (χ0v) is 15.0. The Morgan fingerprint density at radius 1 is 1.29 bits per heavy atom. The standard InChI is InChI=1S/C18H18FN3S2/c1-3-9-22-17(14-10-16(4-2)23-12-14)20-21-18(22)24-11-13-5-7-15(19)8-6-13/h3,5-8,10,12H,1,4,9,11H2,2H3. The topological polar surface area (TPSA) is 30.7 Å². The first-order chi connectivity index (χ1) is 11.7. The molecule has 24 heavy (non-hydrogen) atoms. The third-order valence-electron chi connectivity index (χ3n) is 3.57. The second-order valence-corrected chi connectivity index (χ2v) is 7.21. The molecule has 2 heterocycles. The predicted octanol–water partition coefficient (Wildman–Crippen LogP) is 5.19. The maximum atomic E-state index is 13.0. The molecule has 0 aliphatic carbocycles. The highest BCUT2D eigenvalue weighted by Gasteiger charge is 2.15. The lowest BCUT2D eigenvalue weighted by atomic mass is 10.2. The van der Waals surface area contributed by atoms with Crippen LogP contribution in [0.4, 0.5) is 4.39 Å². The van der Waals surface area contributed by atoms with Crippen LogP contribution in [0.3, 0.4) is 0 Å². The van der Waals surface area contributed by atoms with Crippen LogP contribution in [0.1, 0.15) is 17.4 Å². The number of aromatic nitrogens is 3. The minimum Gasteiger partial charge on any atom is -0.298 e. The molecule has 2 aromatic heterocycles. The van der Waals surface area contributed by atoms with Crippen LogP contribution in [0.2, 0.25) is 0 Å². The van der Waals surface area contributed by atoms with Crippen molar-refractivity contribution in [3.63, 3.8) is 0 Å². The molecule has 1 aromatic carbocycles. The van der Waals surface area contributed by atoms with Crippen molar-refractivity contribution in [2.24, 2.45) is 0 Å². The van der Waals surface area contributed by atoms with Crippen LogP contribution in [-0.4, -0.2) is 14.8 Å². The molecular weight excluding hydrogens is 341 g/mol. The SMILES string of the molecule is C=CCn1c(SCc2ccc(F)cc2)nnc1-c1csc(CC)c1. The van der Waals surface area contributed by atoms with E-state index in [9.17, 15) is 4.39 Å². The maximum Gasteiger partial charge on any atom is 0.192 e. The fourth-order valence-corrected chi connectivity index (χ4v) is 4.03. The van der Waals surface area contributed by atoms with Gasteiger partial charge in [0.15, 0.2) is 11.0 Å². The summed E-state index contributed by atoms with van der Waals surface area (Å²) in [5.74, 6) is 1.37. The van der Waals surface area contributed by atoms with E-state index in [2.05, 4.69) is 39.7 Å². The molecule has 0 N–H and O–H groups in total. The third-order valence-corrected chi connectivity index (χ3v) is 5.69. The Hall–Kier alpha value is -1.92. The fourth-order valence-electron chi connectivity index (χ4n) is 2.31. The molecule has 0 fully saturated rings. The number of thioether (sulfide) groups is 1. The molecule has 0 radical (unpaired) electrons. The monoisotopic (exact) mass is 359 g/mol. The van der Waals surface area contributed by atoms with Crippen LogP contribution in [0, 0.1) is 5.82 Å². The van der Waals surface area contributed by atoms with Crippen molar-refractivity contribution in [3.05, 3.63) is 64.6 Å². The number of nitrogens with zero attached hydrogens (tertiary/aromatic N) is 3. The maximum absolute atomic E-state index is 13.0. The molecule has 0 spiro atoms. The first-order valence-corrected chi connectivity index (χ1v) is 9.57. The van der Waals surface area contributed by atoms with Gasteiger partial charge in [-0.1, -0.05) is 36.9 Å². The Morgan fingerprint density at radius 2 is 2.08 bits per heavy atom. The van der Waals surface area contributed by atoms with Crippen molar-refractivity contribution >= 4 is 23.1 Å². The summed E-state index contributed by atoms with van der Waals surface area (Å²) in [5.41, 5.74) is 2.15. The second kappa shape index (κ2) is 7.77. The molecule has 0 aliphatic heterocycles. The molecule has 6 heteroatoms. The molecule has 0 bridgehead atoms. The van der Waals surface area contributed by atoms with Crippen LogP contribution in [0.5, 0.6) is 0 Å². The largest absolute Gasteiger partial charge is 0.298 e. The van der Waals surface area contributed by atoms with Crippen LogP contribution < -0.4 is 0 Å². The summed E-state index contributed by atoms with van der Waals surface area (Å²) >= 11 is 3.34. The van der Waals surface area contributed by atoms with E-state index < -0.39 is 0 Å². The van der Waals surface area contributed by atoms with Gasteiger partial charge in [-0.2, -0.15) is 0 Å². The van der Waals surface area contributed by atoms with E-state index >= 15 is 0 Å². The molecule has 3 rings (SSSR count). The van der Waals surface area contributed by atoms with E-state index in [4.69, 9.17) is 0 Å². The van der Waals surface area contributed by atoms with Crippen molar-refractivity contribution in [1.82, 2.24) is 14.8 Å². The molecule has 3 nitrogen and oxygen atoms in total. The Kier molecular flexibility index (Phi) is 5.48. The van der Waals surface area contributed by atoms with Gasteiger partial charge in [0.25, 0.3) is 0 Å². The number of benzene rings is 1. The van der Waals surface area contributed by atoms with Crippen molar-refractivity contribution in [3.8, 4) is 11.4 Å². The number of halogens is 1. The number of aryl methyl sites for hydroxylation is 1. The first-order valence-electron chi connectivity index (χ1n) is 7.70. The highest BCUT2D eigenvalue weighted by atomic mass is 32.2. The van der Waals surface area contributed by atoms with Gasteiger partial charge in [0.1, 0.15) is 5.82 Å². The number of allylic oxidation sites excluding steroid dienone is 1. The van der Waals surface area contributed by atoms with Crippen molar-refractivity contribution in [2.45, 2.75) is 30.8 Å². The average molecular weight is 359 g/mol. The van der Waals surface area contributed by atoms with E-state index in [1.54, 1.807) is 35.2 Å². The molecule has 0 amide bonds. The highest BCUT2D eigenvalue weighted by Crippen LogP contribution is 2.29. The van der Waals surface area contributed by atoms with E-state index in [-0.39, 0.29) is 5.82 Å². The molecule has 0 saturated heterocycles. The number of thiophene rings is 1. The highest BCUT2D eigenvalue weighted by molar-refractivity contribution is 7.98. The minimum absolute atomic E-state index is 0.218. The van der Waals surface area contributed by atoms with Gasteiger partial charge in [0, 0.05) is 28.1 Å². The van der Waals surface area contributed by atoms with Crippen LogP contribution in [0.25, 0.3) is 11.4 Å². The Balaban J connectivity index is 1.82. The first kappa shape index (κ1) is 16.9. The van der Waals surface area contributed by atoms with Gasteiger partial charge < -0.3 is 0 Å². The lowest BCUT2D eigenvalue weighted by Gasteiger charge is -2.07. The molecule has 0 aliphatic rings. The lowest BCUT2D eigenvalue weighted by molar-refractivity contribution is 0.627. The Labute approximate surface area is 149 Å². The van der Waals surface area contributed by atoms with Crippen molar-refractivity contribution < 1.29 is 4.39 Å². The molecule has 0 atom stereocenters. The van der Waals surface area contributed by atoms with Crippen LogP contribution in [0.15, 0.2) is 53.5 Å². The summed E-state index contributed by atoms with van der Waals surface area (Å²) in [5, 5.41) is 11.7. The summed E-state index contributed by atoms with van der Waals surface area (Å²) in [4.78, 5) is 1.33. The van der Waals surface area contributed by atoms with E-state index in [1.165, 1.54) is 17.0 Å². The van der Waals surface area contributed by atoms with Gasteiger partial charge in [-0.3, -0.25) is 4.57 Å². The van der Waals surface area contributed by atoms with Gasteiger partial charge in [-0.05, 0) is 30.2 Å². The fraction of sp³-hybridized carbons (Fsp3) is 0.222. The molecular formula is C18H18FN3S2. The second-order valence-electron chi connectivity index (χ2n) is 5.28. The van der Waals surface area contributed by atoms with Gasteiger partial charge in [0.05, 0.1) is 0 Å². The lowest BCUT2D eigenvalue weighted by Crippen LogP contribution is -2.00. The van der Waals surface area contributed by atoms with Gasteiger partial charge in [0.2, 0.25) is 0 Å². The summed E-state index contributed by atoms with van der Waals surface area (Å²) in [6.07, 6.45) is 2.87. The van der Waals surface area contributed by atoms with E-state index in [1.807, 2.05) is 6.08 Å². The normalized spacial score (nSPS) is 10.9. The van der Waals surface area contributed by atoms with Gasteiger partial charge in [-0.25, -0.2) is 4.39 Å². The zero-order valence-electron chi connectivity index (χ0n) is 13.4. The smallest absolute Gasteiger partial charge is 0.192 e. The van der Waals surface area contributed by atoms with Crippen LogP contribution in [-0.2, 0) is 18.7 Å². The molecule has 3 aromatic rings. The summed E-state index contributed by atoms with van der Waals surface area (Å²) < 4.78 is 15.1.